The fourth-order valence-corrected chi connectivity index (χ4v) is 1.58. The molecule has 100 valence electrons. The molecule has 0 radical (unpaired) electrons. The van der Waals surface area contributed by atoms with Gasteiger partial charge in [-0.05, 0) is 37.5 Å². The van der Waals surface area contributed by atoms with Gasteiger partial charge in [-0.25, -0.2) is 4.39 Å². The number of nitrogens with one attached hydrogen (secondary N) is 2. The van der Waals surface area contributed by atoms with Gasteiger partial charge in [0.2, 0.25) is 0 Å². The summed E-state index contributed by atoms with van der Waals surface area (Å²) in [6.45, 7) is 6.54. The average molecular weight is 251 g/mol. The highest BCUT2D eigenvalue weighted by Gasteiger charge is 1.98. The molecule has 0 unspecified atom stereocenters. The number of nitrogens with zero attached hydrogens (tertiary/aromatic N) is 1. The van der Waals surface area contributed by atoms with Crippen LogP contribution in [0.3, 0.4) is 0 Å². The Balaban J connectivity index is 2.38. The molecule has 0 saturated carbocycles. The van der Waals surface area contributed by atoms with Crippen molar-refractivity contribution in [3.8, 4) is 0 Å². The minimum atomic E-state index is -0.181. The molecule has 0 atom stereocenters. The van der Waals surface area contributed by atoms with E-state index in [2.05, 4.69) is 22.5 Å². The minimum Gasteiger partial charge on any atom is -0.357 e. The summed E-state index contributed by atoms with van der Waals surface area (Å²) >= 11 is 0. The lowest BCUT2D eigenvalue weighted by atomic mass is 10.1. The summed E-state index contributed by atoms with van der Waals surface area (Å²) < 4.78 is 13.0. The van der Waals surface area contributed by atoms with Crippen molar-refractivity contribution < 1.29 is 4.39 Å². The lowest BCUT2D eigenvalue weighted by Crippen LogP contribution is -2.38. The summed E-state index contributed by atoms with van der Waals surface area (Å²) in [5, 5.41) is 6.42. The van der Waals surface area contributed by atoms with E-state index in [0.29, 0.717) is 0 Å². The third-order valence-corrected chi connectivity index (χ3v) is 2.43. The topological polar surface area (TPSA) is 36.4 Å². The van der Waals surface area contributed by atoms with Gasteiger partial charge in [0.25, 0.3) is 0 Å². The molecule has 1 aromatic rings. The Hall–Kier alpha value is -1.58. The summed E-state index contributed by atoms with van der Waals surface area (Å²) in [6, 6.07) is 6.70. The van der Waals surface area contributed by atoms with E-state index in [-0.39, 0.29) is 5.82 Å². The molecule has 1 aromatic carbocycles. The molecule has 0 fully saturated rings. The fraction of sp³-hybridized carbons (Fsp3) is 0.500. The second-order valence-corrected chi connectivity index (χ2v) is 4.07. The van der Waals surface area contributed by atoms with E-state index >= 15 is 0 Å². The quantitative estimate of drug-likeness (QED) is 0.601. The predicted octanol–water partition coefficient (Wildman–Crippen LogP) is 2.33. The summed E-state index contributed by atoms with van der Waals surface area (Å²) in [5.41, 5.74) is 0.994. The van der Waals surface area contributed by atoms with E-state index in [4.69, 9.17) is 0 Å². The number of benzene rings is 1. The molecule has 0 aliphatic carbocycles. The maximum atomic E-state index is 13.0. The zero-order valence-electron chi connectivity index (χ0n) is 11.2. The summed E-state index contributed by atoms with van der Waals surface area (Å²) in [6.07, 6.45) is 1.81. The molecule has 0 spiro atoms. The van der Waals surface area contributed by atoms with Gasteiger partial charge in [-0.15, -0.1) is 0 Å². The van der Waals surface area contributed by atoms with Crippen molar-refractivity contribution in [3.05, 3.63) is 35.6 Å². The van der Waals surface area contributed by atoms with E-state index in [1.807, 2.05) is 13.0 Å². The highest BCUT2D eigenvalue weighted by atomic mass is 19.1. The van der Waals surface area contributed by atoms with Crippen molar-refractivity contribution in [1.82, 2.24) is 10.6 Å². The van der Waals surface area contributed by atoms with Crippen LogP contribution in [0.4, 0.5) is 4.39 Å². The zero-order valence-corrected chi connectivity index (χ0v) is 11.2. The summed E-state index contributed by atoms with van der Waals surface area (Å²) in [5.74, 6) is 0.648. The van der Waals surface area contributed by atoms with Gasteiger partial charge in [0, 0.05) is 19.6 Å². The van der Waals surface area contributed by atoms with Crippen LogP contribution in [0.2, 0.25) is 0 Å². The molecule has 0 heterocycles. The highest BCUT2D eigenvalue weighted by Crippen LogP contribution is 2.03. The Labute approximate surface area is 109 Å². The van der Waals surface area contributed by atoms with Crippen LogP contribution in [0.5, 0.6) is 0 Å². The van der Waals surface area contributed by atoms with E-state index in [1.54, 1.807) is 12.1 Å². The van der Waals surface area contributed by atoms with Crippen LogP contribution < -0.4 is 10.6 Å². The van der Waals surface area contributed by atoms with Crippen LogP contribution in [0.1, 0.15) is 25.8 Å². The molecule has 18 heavy (non-hydrogen) atoms. The van der Waals surface area contributed by atoms with Gasteiger partial charge in [-0.1, -0.05) is 19.1 Å². The molecule has 0 aliphatic rings. The van der Waals surface area contributed by atoms with Gasteiger partial charge in [0.05, 0.1) is 0 Å². The number of halogens is 1. The molecule has 0 saturated heterocycles. The lowest BCUT2D eigenvalue weighted by molar-refractivity contribution is 0.625. The molecular weight excluding hydrogens is 229 g/mol. The lowest BCUT2D eigenvalue weighted by Gasteiger charge is -2.11. The number of rotatable bonds is 6. The van der Waals surface area contributed by atoms with Crippen LogP contribution in [0.25, 0.3) is 0 Å². The molecule has 1 rings (SSSR count). The molecule has 0 aliphatic heterocycles. The SMILES string of the molecule is CCCN=C(NCC)NCCc1cccc(F)c1. The monoisotopic (exact) mass is 251 g/mol. The maximum Gasteiger partial charge on any atom is 0.191 e. The summed E-state index contributed by atoms with van der Waals surface area (Å²) in [7, 11) is 0. The molecule has 0 amide bonds. The Bertz CT molecular complexity index is 377. The standard InChI is InChI=1S/C14H22FN3/c1-3-9-17-14(16-4-2)18-10-8-12-6-5-7-13(15)11-12/h5-7,11H,3-4,8-10H2,1-2H3,(H2,16,17,18). The van der Waals surface area contributed by atoms with Crippen molar-refractivity contribution in [2.45, 2.75) is 26.7 Å². The molecule has 2 N–H and O–H groups in total. The largest absolute Gasteiger partial charge is 0.357 e. The Kier molecular flexibility index (Phi) is 6.84. The van der Waals surface area contributed by atoms with Crippen LogP contribution in [0, 0.1) is 5.82 Å². The minimum absolute atomic E-state index is 0.181. The van der Waals surface area contributed by atoms with Crippen molar-refractivity contribution in [3.63, 3.8) is 0 Å². The first kappa shape index (κ1) is 14.5. The first-order valence-electron chi connectivity index (χ1n) is 6.53. The van der Waals surface area contributed by atoms with Gasteiger partial charge in [0.15, 0.2) is 5.96 Å². The Morgan fingerprint density at radius 3 is 2.78 bits per heavy atom. The predicted molar refractivity (Wildman–Crippen MR) is 74.4 cm³/mol. The number of hydrogen-bond donors (Lipinski definition) is 2. The molecule has 0 bridgehead atoms. The van der Waals surface area contributed by atoms with Gasteiger partial charge in [-0.3, -0.25) is 4.99 Å². The molecule has 3 nitrogen and oxygen atoms in total. The number of aliphatic imine (C=N–C) groups is 1. The zero-order chi connectivity index (χ0) is 13.2. The van der Waals surface area contributed by atoms with Crippen molar-refractivity contribution in [2.75, 3.05) is 19.6 Å². The van der Waals surface area contributed by atoms with Gasteiger partial charge < -0.3 is 10.6 Å². The second kappa shape index (κ2) is 8.50. The molecule has 0 aromatic heterocycles. The normalized spacial score (nSPS) is 11.4. The molecule has 4 heteroatoms. The van der Waals surface area contributed by atoms with Crippen LogP contribution in [-0.4, -0.2) is 25.6 Å². The third kappa shape index (κ3) is 5.66. The Morgan fingerprint density at radius 2 is 2.11 bits per heavy atom. The number of hydrogen-bond acceptors (Lipinski definition) is 1. The van der Waals surface area contributed by atoms with Crippen LogP contribution >= 0.6 is 0 Å². The van der Waals surface area contributed by atoms with E-state index in [1.165, 1.54) is 6.07 Å². The van der Waals surface area contributed by atoms with Gasteiger partial charge >= 0.3 is 0 Å². The molecular formula is C14H22FN3. The van der Waals surface area contributed by atoms with E-state index in [0.717, 1.165) is 44.0 Å². The van der Waals surface area contributed by atoms with Gasteiger partial charge in [0.1, 0.15) is 5.82 Å². The van der Waals surface area contributed by atoms with Crippen LogP contribution in [0.15, 0.2) is 29.3 Å². The fourth-order valence-electron chi connectivity index (χ4n) is 1.58. The summed E-state index contributed by atoms with van der Waals surface area (Å²) in [4.78, 5) is 4.40. The van der Waals surface area contributed by atoms with E-state index < -0.39 is 0 Å². The average Bonchev–Trinajstić information content (AvgIpc) is 2.36. The first-order chi connectivity index (χ1) is 8.76. The number of guanidine groups is 1. The van der Waals surface area contributed by atoms with Crippen molar-refractivity contribution >= 4 is 5.96 Å². The third-order valence-electron chi connectivity index (χ3n) is 2.43. The second-order valence-electron chi connectivity index (χ2n) is 4.07. The Morgan fingerprint density at radius 1 is 1.28 bits per heavy atom. The van der Waals surface area contributed by atoms with Crippen molar-refractivity contribution in [2.24, 2.45) is 4.99 Å². The maximum absolute atomic E-state index is 13.0. The van der Waals surface area contributed by atoms with E-state index in [9.17, 15) is 4.39 Å². The smallest absolute Gasteiger partial charge is 0.191 e. The van der Waals surface area contributed by atoms with Crippen molar-refractivity contribution in [1.29, 1.82) is 0 Å². The first-order valence-corrected chi connectivity index (χ1v) is 6.53. The van der Waals surface area contributed by atoms with Crippen LogP contribution in [-0.2, 0) is 6.42 Å². The highest BCUT2D eigenvalue weighted by molar-refractivity contribution is 5.79. The van der Waals surface area contributed by atoms with Gasteiger partial charge in [-0.2, -0.15) is 0 Å².